The van der Waals surface area contributed by atoms with Crippen LogP contribution in [0.5, 0.6) is 0 Å². The molecule has 3 rings (SSSR count). The Balaban J connectivity index is 1.54. The van der Waals surface area contributed by atoms with Gasteiger partial charge >= 0.3 is 0 Å². The van der Waals surface area contributed by atoms with Crippen LogP contribution in [-0.2, 0) is 0 Å². The number of anilines is 1. The van der Waals surface area contributed by atoms with Gasteiger partial charge in [-0.1, -0.05) is 19.8 Å². The minimum Gasteiger partial charge on any atom is -0.459 e. The summed E-state index contributed by atoms with van der Waals surface area (Å²) in [6, 6.07) is 5.03. The molecule has 0 spiro atoms. The second kappa shape index (κ2) is 9.16. The quantitative estimate of drug-likeness (QED) is 0.751. The number of aromatic nitrogens is 2. The first-order valence-corrected chi connectivity index (χ1v) is 9.37. The number of hydrogen-bond acceptors (Lipinski definition) is 6. The van der Waals surface area contributed by atoms with Gasteiger partial charge in [0.1, 0.15) is 17.8 Å². The molecule has 0 aliphatic carbocycles. The van der Waals surface area contributed by atoms with Gasteiger partial charge in [0, 0.05) is 38.8 Å². The fourth-order valence-corrected chi connectivity index (χ4v) is 2.99. The highest BCUT2D eigenvalue weighted by atomic mass is 16.3. The van der Waals surface area contributed by atoms with Crippen LogP contribution < -0.4 is 5.32 Å². The van der Waals surface area contributed by atoms with Crippen molar-refractivity contribution in [2.24, 2.45) is 0 Å². The number of amides is 2. The Kier molecular flexibility index (Phi) is 6.40. The predicted octanol–water partition coefficient (Wildman–Crippen LogP) is 2.27. The van der Waals surface area contributed by atoms with Crippen LogP contribution in [0.15, 0.2) is 35.2 Å². The van der Waals surface area contributed by atoms with Crippen molar-refractivity contribution in [2.75, 3.05) is 38.0 Å². The first kappa shape index (κ1) is 18.9. The van der Waals surface area contributed by atoms with Crippen LogP contribution >= 0.6 is 0 Å². The molecule has 1 aliphatic heterocycles. The molecule has 0 atom stereocenters. The van der Waals surface area contributed by atoms with Gasteiger partial charge in [-0.05, 0) is 18.6 Å². The highest BCUT2D eigenvalue weighted by Gasteiger charge is 2.27. The Hall–Kier alpha value is -2.90. The minimum atomic E-state index is -0.146. The molecule has 1 saturated heterocycles. The molecule has 1 fully saturated rings. The Morgan fingerprint density at radius 1 is 1.11 bits per heavy atom. The number of unbranched alkanes of at least 4 members (excludes halogenated alkanes) is 2. The molecule has 0 bridgehead atoms. The number of furan rings is 1. The molecule has 0 aromatic carbocycles. The van der Waals surface area contributed by atoms with Crippen molar-refractivity contribution >= 4 is 17.6 Å². The maximum Gasteiger partial charge on any atom is 0.289 e. The fraction of sp³-hybridized carbons (Fsp3) is 0.474. The molecular weight excluding hydrogens is 346 g/mol. The molecule has 0 unspecified atom stereocenters. The van der Waals surface area contributed by atoms with E-state index < -0.39 is 0 Å². The van der Waals surface area contributed by atoms with Crippen molar-refractivity contribution in [3.05, 3.63) is 42.2 Å². The molecule has 144 valence electrons. The molecule has 0 radical (unpaired) electrons. The Labute approximate surface area is 158 Å². The third-order valence-corrected chi connectivity index (χ3v) is 4.56. The summed E-state index contributed by atoms with van der Waals surface area (Å²) in [7, 11) is 0. The molecule has 1 aliphatic rings. The summed E-state index contributed by atoms with van der Waals surface area (Å²) in [4.78, 5) is 36.7. The molecule has 0 saturated carbocycles. The van der Waals surface area contributed by atoms with Crippen LogP contribution in [0, 0.1) is 0 Å². The van der Waals surface area contributed by atoms with Crippen LogP contribution in [0.2, 0.25) is 0 Å². The zero-order valence-corrected chi connectivity index (χ0v) is 15.6. The lowest BCUT2D eigenvalue weighted by atomic mass is 10.2. The van der Waals surface area contributed by atoms with E-state index in [1.54, 1.807) is 28.0 Å². The molecule has 8 nitrogen and oxygen atoms in total. The zero-order valence-electron chi connectivity index (χ0n) is 15.6. The van der Waals surface area contributed by atoms with Crippen molar-refractivity contribution in [1.82, 2.24) is 19.8 Å². The van der Waals surface area contributed by atoms with Crippen LogP contribution in [0.25, 0.3) is 0 Å². The van der Waals surface area contributed by atoms with E-state index in [-0.39, 0.29) is 11.8 Å². The first-order valence-electron chi connectivity index (χ1n) is 9.37. The molecular formula is C19H25N5O3. The van der Waals surface area contributed by atoms with E-state index in [1.165, 1.54) is 12.6 Å². The third-order valence-electron chi connectivity index (χ3n) is 4.56. The Bertz CT molecular complexity index is 754. The smallest absolute Gasteiger partial charge is 0.289 e. The highest BCUT2D eigenvalue weighted by molar-refractivity contribution is 5.94. The molecule has 3 heterocycles. The summed E-state index contributed by atoms with van der Waals surface area (Å²) in [6.07, 6.45) is 6.27. The molecule has 1 N–H and O–H groups in total. The summed E-state index contributed by atoms with van der Waals surface area (Å²) >= 11 is 0. The Morgan fingerprint density at radius 3 is 2.52 bits per heavy atom. The van der Waals surface area contributed by atoms with Gasteiger partial charge in [0.05, 0.1) is 6.26 Å². The van der Waals surface area contributed by atoms with Gasteiger partial charge in [-0.2, -0.15) is 0 Å². The third kappa shape index (κ3) is 4.84. The van der Waals surface area contributed by atoms with Gasteiger partial charge in [0.2, 0.25) is 0 Å². The summed E-state index contributed by atoms with van der Waals surface area (Å²) in [6.45, 7) is 4.86. The molecule has 2 aromatic heterocycles. The van der Waals surface area contributed by atoms with E-state index >= 15 is 0 Å². The van der Waals surface area contributed by atoms with E-state index in [2.05, 4.69) is 22.2 Å². The van der Waals surface area contributed by atoms with Crippen molar-refractivity contribution in [3.63, 3.8) is 0 Å². The maximum absolute atomic E-state index is 12.7. The first-order chi connectivity index (χ1) is 13.2. The van der Waals surface area contributed by atoms with Crippen LogP contribution in [0.3, 0.4) is 0 Å². The van der Waals surface area contributed by atoms with Gasteiger partial charge in [-0.15, -0.1) is 0 Å². The number of piperazine rings is 1. The monoisotopic (exact) mass is 371 g/mol. The topological polar surface area (TPSA) is 91.6 Å². The standard InChI is InChI=1S/C19H25N5O3/c1-2-3-4-7-20-17-13-15(21-14-22-17)18(25)23-8-10-24(11-9-23)19(26)16-6-5-12-27-16/h5-6,12-14H,2-4,7-11H2,1H3,(H,20,21,22). The van der Waals surface area contributed by atoms with Crippen molar-refractivity contribution < 1.29 is 14.0 Å². The van der Waals surface area contributed by atoms with Gasteiger partial charge < -0.3 is 19.5 Å². The van der Waals surface area contributed by atoms with Crippen molar-refractivity contribution in [3.8, 4) is 0 Å². The van der Waals surface area contributed by atoms with E-state index in [4.69, 9.17) is 4.42 Å². The van der Waals surface area contributed by atoms with E-state index in [0.29, 0.717) is 43.5 Å². The largest absolute Gasteiger partial charge is 0.459 e. The minimum absolute atomic E-state index is 0.140. The van der Waals surface area contributed by atoms with Crippen molar-refractivity contribution in [1.29, 1.82) is 0 Å². The van der Waals surface area contributed by atoms with Gasteiger partial charge in [0.15, 0.2) is 5.76 Å². The van der Waals surface area contributed by atoms with Crippen molar-refractivity contribution in [2.45, 2.75) is 26.2 Å². The second-order valence-electron chi connectivity index (χ2n) is 6.48. The SMILES string of the molecule is CCCCCNc1cc(C(=O)N2CCN(C(=O)c3ccco3)CC2)ncn1. The van der Waals surface area contributed by atoms with E-state index in [9.17, 15) is 9.59 Å². The predicted molar refractivity (Wildman–Crippen MR) is 101 cm³/mol. The number of nitrogens with zero attached hydrogens (tertiary/aromatic N) is 4. The molecule has 2 aromatic rings. The number of carbonyl (C=O) groups excluding carboxylic acids is 2. The van der Waals surface area contributed by atoms with Crippen LogP contribution in [-0.4, -0.2) is 64.3 Å². The second-order valence-corrected chi connectivity index (χ2v) is 6.48. The Morgan fingerprint density at radius 2 is 1.85 bits per heavy atom. The lowest BCUT2D eigenvalue weighted by Crippen LogP contribution is -2.50. The average Bonchev–Trinajstić information content (AvgIpc) is 3.25. The number of hydrogen-bond donors (Lipinski definition) is 1. The number of carbonyl (C=O) groups is 2. The highest BCUT2D eigenvalue weighted by Crippen LogP contribution is 2.13. The normalized spacial score (nSPS) is 14.3. The lowest BCUT2D eigenvalue weighted by Gasteiger charge is -2.34. The average molecular weight is 371 g/mol. The van der Waals surface area contributed by atoms with Crippen LogP contribution in [0.4, 0.5) is 5.82 Å². The summed E-state index contributed by atoms with van der Waals surface area (Å²) in [5.74, 6) is 0.701. The van der Waals surface area contributed by atoms with Gasteiger partial charge in [0.25, 0.3) is 11.8 Å². The van der Waals surface area contributed by atoms with Crippen LogP contribution in [0.1, 0.15) is 47.2 Å². The zero-order chi connectivity index (χ0) is 19.1. The fourth-order valence-electron chi connectivity index (χ4n) is 2.99. The lowest BCUT2D eigenvalue weighted by molar-refractivity contribution is 0.0515. The molecule has 2 amide bonds. The van der Waals surface area contributed by atoms with Gasteiger partial charge in [-0.25, -0.2) is 9.97 Å². The number of nitrogens with one attached hydrogen (secondary N) is 1. The molecule has 27 heavy (non-hydrogen) atoms. The maximum atomic E-state index is 12.7. The molecule has 8 heteroatoms. The summed E-state index contributed by atoms with van der Waals surface area (Å²) < 4.78 is 5.16. The number of rotatable bonds is 7. The van der Waals surface area contributed by atoms with Gasteiger partial charge in [-0.3, -0.25) is 9.59 Å². The summed E-state index contributed by atoms with van der Waals surface area (Å²) in [5.41, 5.74) is 0.369. The van der Waals surface area contributed by atoms with E-state index in [1.807, 2.05) is 0 Å². The van der Waals surface area contributed by atoms with E-state index in [0.717, 1.165) is 25.8 Å². The summed E-state index contributed by atoms with van der Waals surface area (Å²) in [5, 5.41) is 3.23.